The molecule has 2 aromatic rings. The van der Waals surface area contributed by atoms with E-state index in [4.69, 9.17) is 16.3 Å². The number of hydrogen-bond donors (Lipinski definition) is 0. The first-order chi connectivity index (χ1) is 11.2. The van der Waals surface area contributed by atoms with Crippen LogP contribution in [-0.2, 0) is 11.3 Å². The van der Waals surface area contributed by atoms with Gasteiger partial charge in [-0.25, -0.2) is 4.79 Å². The first-order valence-electron chi connectivity index (χ1n) is 7.69. The molecule has 2 atom stereocenters. The molecule has 1 aliphatic carbocycles. The molecule has 1 amide bonds. The summed E-state index contributed by atoms with van der Waals surface area (Å²) < 4.78 is 5.47. The van der Waals surface area contributed by atoms with E-state index >= 15 is 0 Å². The van der Waals surface area contributed by atoms with E-state index in [0.717, 1.165) is 22.6 Å². The Hall–Kier alpha value is -2.26. The third-order valence-electron chi connectivity index (χ3n) is 4.53. The molecule has 0 aromatic heterocycles. The summed E-state index contributed by atoms with van der Waals surface area (Å²) in [4.78, 5) is 14.2. The summed E-state index contributed by atoms with van der Waals surface area (Å²) in [7, 11) is 0. The van der Waals surface area contributed by atoms with Crippen molar-refractivity contribution in [1.82, 2.24) is 4.90 Å². The van der Waals surface area contributed by atoms with Gasteiger partial charge in [0, 0.05) is 17.1 Å². The minimum absolute atomic E-state index is 0.0306. The molecule has 0 fully saturated rings. The summed E-state index contributed by atoms with van der Waals surface area (Å²) in [5, 5.41) is 0.722. The van der Waals surface area contributed by atoms with Crippen molar-refractivity contribution in [2.75, 3.05) is 0 Å². The van der Waals surface area contributed by atoms with Crippen LogP contribution in [0.1, 0.15) is 35.1 Å². The smallest absolute Gasteiger partial charge is 0.414 e. The van der Waals surface area contributed by atoms with Crippen LogP contribution >= 0.6 is 11.6 Å². The Kier molecular flexibility index (Phi) is 3.58. The average molecular weight is 326 g/mol. The molecule has 2 aromatic carbocycles. The lowest BCUT2D eigenvalue weighted by atomic mass is 10.0. The molecule has 1 heterocycles. The molecule has 2 aliphatic rings. The van der Waals surface area contributed by atoms with E-state index in [9.17, 15) is 4.79 Å². The first kappa shape index (κ1) is 14.3. The molecule has 4 rings (SSSR count). The largest absolute Gasteiger partial charge is 0.444 e. The number of carbonyl (C=O) groups excluding carboxylic acids is 1. The maximum absolute atomic E-state index is 12.5. The third-order valence-corrected chi connectivity index (χ3v) is 4.86. The van der Waals surface area contributed by atoms with Gasteiger partial charge in [-0.3, -0.25) is 4.90 Å². The Morgan fingerprint density at radius 3 is 2.83 bits per heavy atom. The predicted octanol–water partition coefficient (Wildman–Crippen LogP) is 5.03. The van der Waals surface area contributed by atoms with Crippen LogP contribution in [0.25, 0.3) is 0 Å². The van der Waals surface area contributed by atoms with Gasteiger partial charge in [0.15, 0.2) is 0 Å². The Morgan fingerprint density at radius 2 is 2.00 bits per heavy atom. The highest BCUT2D eigenvalue weighted by molar-refractivity contribution is 6.31. The third kappa shape index (κ3) is 2.51. The normalized spacial score (nSPS) is 21.2. The molecule has 0 N–H and O–H groups in total. The van der Waals surface area contributed by atoms with E-state index < -0.39 is 0 Å². The molecule has 116 valence electrons. The van der Waals surface area contributed by atoms with Gasteiger partial charge in [-0.05, 0) is 29.2 Å². The van der Waals surface area contributed by atoms with Gasteiger partial charge < -0.3 is 4.74 Å². The van der Waals surface area contributed by atoms with E-state index in [1.165, 1.54) is 5.56 Å². The molecule has 1 aliphatic heterocycles. The number of ether oxygens (including phenoxy) is 1. The zero-order valence-electron chi connectivity index (χ0n) is 12.5. The van der Waals surface area contributed by atoms with Crippen LogP contribution in [-0.4, -0.2) is 11.0 Å². The molecular formula is C19H16ClNO2. The Bertz CT molecular complexity index is 772. The van der Waals surface area contributed by atoms with Gasteiger partial charge in [0.2, 0.25) is 0 Å². The Labute approximate surface area is 140 Å². The van der Waals surface area contributed by atoms with E-state index in [2.05, 4.69) is 12.1 Å². The molecule has 0 saturated carbocycles. The van der Waals surface area contributed by atoms with Crippen LogP contribution in [0.3, 0.4) is 0 Å². The number of hydrogen-bond acceptors (Lipinski definition) is 2. The SMILES string of the molecule is O=C(OCc1ccccc1)N1C=C[C@H]2C[C@@H]1c1c(Cl)cccc12. The van der Waals surface area contributed by atoms with Crippen molar-refractivity contribution in [2.45, 2.75) is 25.0 Å². The lowest BCUT2D eigenvalue weighted by Gasteiger charge is -2.28. The summed E-state index contributed by atoms with van der Waals surface area (Å²) in [6.07, 6.45) is 4.43. The monoisotopic (exact) mass is 325 g/mol. The first-order valence-corrected chi connectivity index (χ1v) is 8.07. The number of amides is 1. The summed E-state index contributed by atoms with van der Waals surface area (Å²) >= 11 is 6.37. The van der Waals surface area contributed by atoms with Gasteiger partial charge in [-0.1, -0.05) is 60.1 Å². The summed E-state index contributed by atoms with van der Waals surface area (Å²) in [6, 6.07) is 15.6. The van der Waals surface area contributed by atoms with Crippen molar-refractivity contribution in [2.24, 2.45) is 0 Å². The number of rotatable bonds is 2. The summed E-state index contributed by atoms with van der Waals surface area (Å²) in [6.45, 7) is 0.273. The zero-order valence-corrected chi connectivity index (χ0v) is 13.2. The van der Waals surface area contributed by atoms with Crippen molar-refractivity contribution in [3.63, 3.8) is 0 Å². The van der Waals surface area contributed by atoms with E-state index in [1.807, 2.05) is 48.7 Å². The standard InChI is InChI=1S/C19H16ClNO2/c20-16-8-4-7-15-14-9-10-21(17(11-14)18(15)16)19(22)23-12-13-5-2-1-3-6-13/h1-10,14,17H,11-12H2/t14-,17+/m0/s1. The van der Waals surface area contributed by atoms with E-state index in [0.29, 0.717) is 5.92 Å². The van der Waals surface area contributed by atoms with Crippen LogP contribution in [0.4, 0.5) is 4.79 Å². The molecular weight excluding hydrogens is 310 g/mol. The van der Waals surface area contributed by atoms with E-state index in [-0.39, 0.29) is 18.7 Å². The van der Waals surface area contributed by atoms with Gasteiger partial charge in [0.25, 0.3) is 0 Å². The Balaban J connectivity index is 1.54. The molecule has 0 unspecified atom stereocenters. The molecule has 0 spiro atoms. The van der Waals surface area contributed by atoms with Gasteiger partial charge in [0.1, 0.15) is 6.61 Å². The minimum Gasteiger partial charge on any atom is -0.444 e. The van der Waals surface area contributed by atoms with Crippen molar-refractivity contribution in [3.05, 3.63) is 82.5 Å². The quantitative estimate of drug-likeness (QED) is 0.774. The Morgan fingerprint density at radius 1 is 1.17 bits per heavy atom. The van der Waals surface area contributed by atoms with Crippen LogP contribution in [0, 0.1) is 0 Å². The van der Waals surface area contributed by atoms with Crippen LogP contribution in [0.15, 0.2) is 60.8 Å². The number of fused-ring (bicyclic) bond motifs is 5. The predicted molar refractivity (Wildman–Crippen MR) is 89.2 cm³/mol. The second-order valence-electron chi connectivity index (χ2n) is 5.89. The number of allylic oxidation sites excluding steroid dienone is 1. The summed E-state index contributed by atoms with van der Waals surface area (Å²) in [5.74, 6) is 0.340. The van der Waals surface area contributed by atoms with Crippen LogP contribution in [0.5, 0.6) is 0 Å². The number of carbonyl (C=O) groups is 1. The maximum atomic E-state index is 12.5. The topological polar surface area (TPSA) is 29.5 Å². The fraction of sp³-hybridized carbons (Fsp3) is 0.211. The van der Waals surface area contributed by atoms with Crippen molar-refractivity contribution in [1.29, 1.82) is 0 Å². The fourth-order valence-electron chi connectivity index (χ4n) is 3.43. The molecule has 4 heteroatoms. The highest BCUT2D eigenvalue weighted by Gasteiger charge is 2.39. The molecule has 0 saturated heterocycles. The highest BCUT2D eigenvalue weighted by Crippen LogP contribution is 2.50. The van der Waals surface area contributed by atoms with Crippen molar-refractivity contribution in [3.8, 4) is 0 Å². The lowest BCUT2D eigenvalue weighted by molar-refractivity contribution is 0.0962. The maximum Gasteiger partial charge on any atom is 0.414 e. The van der Waals surface area contributed by atoms with Gasteiger partial charge in [-0.15, -0.1) is 0 Å². The van der Waals surface area contributed by atoms with E-state index in [1.54, 1.807) is 4.90 Å². The molecule has 2 bridgehead atoms. The molecule has 0 radical (unpaired) electrons. The highest BCUT2D eigenvalue weighted by atomic mass is 35.5. The number of nitrogens with zero attached hydrogens (tertiary/aromatic N) is 1. The lowest BCUT2D eigenvalue weighted by Crippen LogP contribution is -2.31. The second kappa shape index (κ2) is 5.74. The van der Waals surface area contributed by atoms with Crippen molar-refractivity contribution < 1.29 is 9.53 Å². The molecule has 23 heavy (non-hydrogen) atoms. The fourth-order valence-corrected chi connectivity index (χ4v) is 3.74. The average Bonchev–Trinajstić information content (AvgIpc) is 2.88. The van der Waals surface area contributed by atoms with Gasteiger partial charge in [-0.2, -0.15) is 0 Å². The van der Waals surface area contributed by atoms with Crippen molar-refractivity contribution >= 4 is 17.7 Å². The number of benzene rings is 2. The molecule has 3 nitrogen and oxygen atoms in total. The number of halogens is 1. The summed E-state index contributed by atoms with van der Waals surface area (Å²) in [5.41, 5.74) is 3.25. The van der Waals surface area contributed by atoms with Crippen LogP contribution in [0.2, 0.25) is 5.02 Å². The van der Waals surface area contributed by atoms with Gasteiger partial charge >= 0.3 is 6.09 Å². The van der Waals surface area contributed by atoms with Crippen LogP contribution < -0.4 is 0 Å². The second-order valence-corrected chi connectivity index (χ2v) is 6.30. The van der Waals surface area contributed by atoms with Gasteiger partial charge in [0.05, 0.1) is 6.04 Å². The minimum atomic E-state index is -0.332. The zero-order chi connectivity index (χ0) is 15.8.